The topological polar surface area (TPSA) is 62.2 Å². The van der Waals surface area contributed by atoms with Gasteiger partial charge in [-0.1, -0.05) is 6.07 Å². The predicted octanol–water partition coefficient (Wildman–Crippen LogP) is 1.23. The van der Waals surface area contributed by atoms with Gasteiger partial charge in [-0.15, -0.1) is 0 Å². The van der Waals surface area contributed by atoms with Gasteiger partial charge in [0.2, 0.25) is 0 Å². The predicted molar refractivity (Wildman–Crippen MR) is 70.3 cm³/mol. The summed E-state index contributed by atoms with van der Waals surface area (Å²) in [5.41, 5.74) is 0.347. The first-order valence-corrected chi connectivity index (χ1v) is 6.77. The number of carbonyl (C=O) groups is 1. The highest BCUT2D eigenvalue weighted by Crippen LogP contribution is 2.10. The van der Waals surface area contributed by atoms with Gasteiger partial charge in [0.1, 0.15) is 5.69 Å². The SMILES string of the molecule is CSCC(C)(O)CNC(=O)c1ncccc1C. The Labute approximate surface area is 106 Å². The van der Waals surface area contributed by atoms with Crippen LogP contribution in [0.4, 0.5) is 0 Å². The normalized spacial score (nSPS) is 14.1. The standard InChI is InChI=1S/C12H18N2O2S/c1-9-5-4-6-13-10(9)11(15)14-7-12(2,16)8-17-3/h4-6,16H,7-8H2,1-3H3,(H,14,15). The summed E-state index contributed by atoms with van der Waals surface area (Å²) in [5.74, 6) is 0.332. The first-order valence-electron chi connectivity index (χ1n) is 5.37. The number of thioether (sulfide) groups is 1. The van der Waals surface area contributed by atoms with Crippen LogP contribution in [0.2, 0.25) is 0 Å². The van der Waals surface area contributed by atoms with Crippen molar-refractivity contribution in [2.45, 2.75) is 19.4 Å². The van der Waals surface area contributed by atoms with Gasteiger partial charge in [0, 0.05) is 18.5 Å². The van der Waals surface area contributed by atoms with E-state index in [4.69, 9.17) is 0 Å². The molecule has 0 saturated heterocycles. The Morgan fingerprint density at radius 1 is 1.65 bits per heavy atom. The molecule has 1 atom stereocenters. The third kappa shape index (κ3) is 4.36. The number of carbonyl (C=O) groups excluding carboxylic acids is 1. The Morgan fingerprint density at radius 2 is 2.35 bits per heavy atom. The molecule has 94 valence electrons. The van der Waals surface area contributed by atoms with Crippen molar-refractivity contribution in [3.8, 4) is 0 Å². The molecule has 1 aromatic heterocycles. The number of pyridine rings is 1. The summed E-state index contributed by atoms with van der Waals surface area (Å²) in [7, 11) is 0. The first kappa shape index (κ1) is 14.0. The Bertz CT molecular complexity index is 394. The lowest BCUT2D eigenvalue weighted by Crippen LogP contribution is -2.42. The van der Waals surface area contributed by atoms with E-state index in [1.165, 1.54) is 0 Å². The summed E-state index contributed by atoms with van der Waals surface area (Å²) in [4.78, 5) is 15.9. The van der Waals surface area contributed by atoms with Crippen molar-refractivity contribution >= 4 is 17.7 Å². The molecule has 2 N–H and O–H groups in total. The van der Waals surface area contributed by atoms with Crippen molar-refractivity contribution in [2.75, 3.05) is 18.6 Å². The maximum absolute atomic E-state index is 11.8. The third-order valence-electron chi connectivity index (χ3n) is 2.31. The van der Waals surface area contributed by atoms with E-state index in [-0.39, 0.29) is 12.5 Å². The van der Waals surface area contributed by atoms with Crippen LogP contribution in [-0.4, -0.2) is 40.2 Å². The van der Waals surface area contributed by atoms with Crippen molar-refractivity contribution in [3.63, 3.8) is 0 Å². The second-order valence-electron chi connectivity index (χ2n) is 4.28. The third-order valence-corrected chi connectivity index (χ3v) is 3.22. The van der Waals surface area contributed by atoms with Crippen molar-refractivity contribution in [2.24, 2.45) is 0 Å². The number of hydrogen-bond acceptors (Lipinski definition) is 4. The Kier molecular flexibility index (Phi) is 4.96. The first-order chi connectivity index (χ1) is 7.96. The van der Waals surface area contributed by atoms with Crippen LogP contribution in [0.25, 0.3) is 0 Å². The number of amides is 1. The van der Waals surface area contributed by atoms with Gasteiger partial charge in [0.25, 0.3) is 5.91 Å². The summed E-state index contributed by atoms with van der Waals surface area (Å²) in [6, 6.07) is 3.62. The average molecular weight is 254 g/mol. The van der Waals surface area contributed by atoms with Gasteiger partial charge >= 0.3 is 0 Å². The fraction of sp³-hybridized carbons (Fsp3) is 0.500. The lowest BCUT2D eigenvalue weighted by molar-refractivity contribution is 0.0722. The van der Waals surface area contributed by atoms with Crippen LogP contribution in [0.3, 0.4) is 0 Å². The smallest absolute Gasteiger partial charge is 0.270 e. The van der Waals surface area contributed by atoms with Crippen LogP contribution < -0.4 is 5.32 Å². The molecule has 0 saturated carbocycles. The zero-order valence-corrected chi connectivity index (χ0v) is 11.2. The van der Waals surface area contributed by atoms with Crippen molar-refractivity contribution < 1.29 is 9.90 Å². The summed E-state index contributed by atoms with van der Waals surface area (Å²) in [6.07, 6.45) is 3.50. The largest absolute Gasteiger partial charge is 0.387 e. The maximum atomic E-state index is 11.8. The fourth-order valence-corrected chi connectivity index (χ4v) is 2.16. The molecule has 0 aromatic carbocycles. The van der Waals surface area contributed by atoms with E-state index in [0.717, 1.165) is 5.56 Å². The van der Waals surface area contributed by atoms with E-state index < -0.39 is 5.60 Å². The van der Waals surface area contributed by atoms with E-state index in [1.807, 2.05) is 19.2 Å². The number of nitrogens with zero attached hydrogens (tertiary/aromatic N) is 1. The molecule has 17 heavy (non-hydrogen) atoms. The summed E-state index contributed by atoms with van der Waals surface area (Å²) in [6.45, 7) is 3.76. The highest BCUT2D eigenvalue weighted by molar-refractivity contribution is 7.98. The minimum Gasteiger partial charge on any atom is -0.387 e. The molecule has 0 fully saturated rings. The molecule has 0 spiro atoms. The molecular weight excluding hydrogens is 236 g/mol. The van der Waals surface area contributed by atoms with E-state index in [1.54, 1.807) is 30.9 Å². The van der Waals surface area contributed by atoms with Crippen LogP contribution in [0.1, 0.15) is 23.0 Å². The summed E-state index contributed by atoms with van der Waals surface area (Å²) < 4.78 is 0. The van der Waals surface area contributed by atoms with E-state index in [0.29, 0.717) is 11.4 Å². The number of aromatic nitrogens is 1. The van der Waals surface area contributed by atoms with Crippen molar-refractivity contribution in [3.05, 3.63) is 29.6 Å². The molecule has 5 heteroatoms. The maximum Gasteiger partial charge on any atom is 0.270 e. The zero-order valence-electron chi connectivity index (χ0n) is 10.4. The highest BCUT2D eigenvalue weighted by atomic mass is 32.2. The van der Waals surface area contributed by atoms with Crippen molar-refractivity contribution in [1.82, 2.24) is 10.3 Å². The second-order valence-corrected chi connectivity index (χ2v) is 5.15. The minimum atomic E-state index is -0.891. The molecule has 0 aliphatic carbocycles. The van der Waals surface area contributed by atoms with Crippen LogP contribution in [0.15, 0.2) is 18.3 Å². The van der Waals surface area contributed by atoms with Gasteiger partial charge in [0.05, 0.1) is 5.60 Å². The molecule has 1 amide bonds. The molecular formula is C12H18N2O2S. The second kappa shape index (κ2) is 6.02. The Morgan fingerprint density at radius 3 is 2.94 bits per heavy atom. The van der Waals surface area contributed by atoms with Crippen molar-refractivity contribution in [1.29, 1.82) is 0 Å². The van der Waals surface area contributed by atoms with Crippen LogP contribution in [0, 0.1) is 6.92 Å². The summed E-state index contributed by atoms with van der Waals surface area (Å²) in [5, 5.41) is 12.6. The molecule has 0 aliphatic rings. The lowest BCUT2D eigenvalue weighted by Gasteiger charge is -2.22. The van der Waals surface area contributed by atoms with Crippen LogP contribution in [-0.2, 0) is 0 Å². The van der Waals surface area contributed by atoms with Gasteiger partial charge in [-0.3, -0.25) is 9.78 Å². The quantitative estimate of drug-likeness (QED) is 0.829. The van der Waals surface area contributed by atoms with Gasteiger partial charge < -0.3 is 10.4 Å². The van der Waals surface area contributed by atoms with Gasteiger partial charge in [0.15, 0.2) is 0 Å². The summed E-state index contributed by atoms with van der Waals surface area (Å²) >= 11 is 1.54. The molecule has 1 heterocycles. The lowest BCUT2D eigenvalue weighted by atomic mass is 10.1. The molecule has 1 rings (SSSR count). The number of aliphatic hydroxyl groups is 1. The fourth-order valence-electron chi connectivity index (χ4n) is 1.44. The molecule has 1 aromatic rings. The average Bonchev–Trinajstić information content (AvgIpc) is 2.27. The van der Waals surface area contributed by atoms with E-state index in [9.17, 15) is 9.90 Å². The Balaban J connectivity index is 2.59. The van der Waals surface area contributed by atoms with Crippen LogP contribution in [0.5, 0.6) is 0 Å². The van der Waals surface area contributed by atoms with E-state index in [2.05, 4.69) is 10.3 Å². The molecule has 4 nitrogen and oxygen atoms in total. The number of aryl methyl sites for hydroxylation is 1. The monoisotopic (exact) mass is 254 g/mol. The number of rotatable bonds is 5. The van der Waals surface area contributed by atoms with Gasteiger partial charge in [-0.2, -0.15) is 11.8 Å². The molecule has 0 radical (unpaired) electrons. The molecule has 1 unspecified atom stereocenters. The van der Waals surface area contributed by atoms with Crippen LogP contribution >= 0.6 is 11.8 Å². The molecule has 0 aliphatic heterocycles. The Hall–Kier alpha value is -1.07. The minimum absolute atomic E-state index is 0.225. The number of nitrogens with one attached hydrogen (secondary N) is 1. The molecule has 0 bridgehead atoms. The highest BCUT2D eigenvalue weighted by Gasteiger charge is 2.21. The zero-order chi connectivity index (χ0) is 12.9. The van der Waals surface area contributed by atoms with E-state index >= 15 is 0 Å². The number of hydrogen-bond donors (Lipinski definition) is 2. The van der Waals surface area contributed by atoms with Gasteiger partial charge in [-0.25, -0.2) is 0 Å². The van der Waals surface area contributed by atoms with Gasteiger partial charge in [-0.05, 0) is 31.7 Å².